The Morgan fingerprint density at radius 2 is 1.90 bits per heavy atom. The van der Waals surface area contributed by atoms with Gasteiger partial charge in [0, 0.05) is 18.7 Å². The van der Waals surface area contributed by atoms with Crippen LogP contribution in [0.3, 0.4) is 0 Å². The van der Waals surface area contributed by atoms with E-state index in [2.05, 4.69) is 24.1 Å². The number of amides is 1. The monoisotopic (exact) mass is 398 g/mol. The maximum Gasteiger partial charge on any atom is 0.255 e. The summed E-state index contributed by atoms with van der Waals surface area (Å²) in [4.78, 5) is 15.1. The Morgan fingerprint density at radius 3 is 2.62 bits per heavy atom. The first-order valence-corrected chi connectivity index (χ1v) is 10.1. The molecule has 0 saturated carbocycles. The summed E-state index contributed by atoms with van der Waals surface area (Å²) >= 11 is 0. The van der Waals surface area contributed by atoms with E-state index in [4.69, 9.17) is 14.2 Å². The zero-order chi connectivity index (χ0) is 20.6. The van der Waals surface area contributed by atoms with Gasteiger partial charge in [-0.25, -0.2) is 0 Å². The summed E-state index contributed by atoms with van der Waals surface area (Å²) in [6, 6.07) is 13.1. The van der Waals surface area contributed by atoms with Gasteiger partial charge in [-0.05, 0) is 42.7 Å². The van der Waals surface area contributed by atoms with Gasteiger partial charge < -0.3 is 24.4 Å². The summed E-state index contributed by atoms with van der Waals surface area (Å²) in [5, 5.41) is 3.04. The molecule has 1 amide bonds. The molecule has 1 fully saturated rings. The summed E-state index contributed by atoms with van der Waals surface area (Å²) in [5.74, 6) is 1.59. The predicted octanol–water partition coefficient (Wildman–Crippen LogP) is 4.21. The van der Waals surface area contributed by atoms with Crippen LogP contribution in [0.25, 0.3) is 0 Å². The quantitative estimate of drug-likeness (QED) is 0.722. The molecule has 0 unspecified atom stereocenters. The molecule has 0 spiro atoms. The van der Waals surface area contributed by atoms with Crippen LogP contribution in [0.15, 0.2) is 42.5 Å². The summed E-state index contributed by atoms with van der Waals surface area (Å²) < 4.78 is 16.7. The van der Waals surface area contributed by atoms with Gasteiger partial charge in [0.15, 0.2) is 11.5 Å². The van der Waals surface area contributed by atoms with Crippen LogP contribution in [0.5, 0.6) is 11.5 Å². The highest BCUT2D eigenvalue weighted by Gasteiger charge is 2.17. The lowest BCUT2D eigenvalue weighted by Gasteiger charge is -2.30. The van der Waals surface area contributed by atoms with Gasteiger partial charge in [-0.3, -0.25) is 4.79 Å². The number of benzene rings is 2. The Bertz CT molecular complexity index is 816. The zero-order valence-corrected chi connectivity index (χ0v) is 17.4. The molecule has 29 heavy (non-hydrogen) atoms. The van der Waals surface area contributed by atoms with Gasteiger partial charge in [0.2, 0.25) is 0 Å². The molecule has 1 saturated heterocycles. The molecule has 1 N–H and O–H groups in total. The third-order valence-corrected chi connectivity index (χ3v) is 4.88. The lowest BCUT2D eigenvalue weighted by atomic mass is 10.1. The fraction of sp³-hybridized carbons (Fsp3) is 0.435. The van der Waals surface area contributed by atoms with Crippen molar-refractivity contribution in [2.75, 3.05) is 50.2 Å². The fourth-order valence-corrected chi connectivity index (χ4v) is 3.19. The summed E-state index contributed by atoms with van der Waals surface area (Å²) in [6.07, 6.45) is 0.962. The molecule has 156 valence electrons. The van der Waals surface area contributed by atoms with E-state index in [1.54, 1.807) is 25.3 Å². The average Bonchev–Trinajstić information content (AvgIpc) is 2.74. The number of nitrogens with zero attached hydrogens (tertiary/aromatic N) is 1. The second-order valence-corrected chi connectivity index (χ2v) is 7.47. The number of carbonyl (C=O) groups excluding carboxylic acids is 1. The Morgan fingerprint density at radius 1 is 1.14 bits per heavy atom. The molecular formula is C23H30N2O4. The van der Waals surface area contributed by atoms with E-state index in [9.17, 15) is 4.79 Å². The molecule has 2 aromatic rings. The highest BCUT2D eigenvalue weighted by molar-refractivity contribution is 6.06. The molecule has 0 atom stereocenters. The van der Waals surface area contributed by atoms with Crippen molar-refractivity contribution in [1.29, 1.82) is 0 Å². The minimum atomic E-state index is -0.183. The van der Waals surface area contributed by atoms with Gasteiger partial charge in [0.1, 0.15) is 0 Å². The first-order chi connectivity index (χ1) is 14.1. The number of ether oxygens (including phenoxy) is 3. The second-order valence-electron chi connectivity index (χ2n) is 7.47. The number of rotatable bonds is 8. The number of anilines is 2. The molecule has 0 aliphatic carbocycles. The van der Waals surface area contributed by atoms with E-state index in [1.807, 2.05) is 24.3 Å². The van der Waals surface area contributed by atoms with Crippen LogP contribution in [-0.2, 0) is 4.74 Å². The second kappa shape index (κ2) is 10.2. The molecule has 0 aromatic heterocycles. The van der Waals surface area contributed by atoms with Crippen molar-refractivity contribution in [3.8, 4) is 11.5 Å². The van der Waals surface area contributed by atoms with E-state index in [-0.39, 0.29) is 5.91 Å². The largest absolute Gasteiger partial charge is 0.493 e. The van der Waals surface area contributed by atoms with Crippen molar-refractivity contribution in [2.45, 2.75) is 20.3 Å². The summed E-state index contributed by atoms with van der Waals surface area (Å²) in [6.45, 7) is 7.93. The molecule has 0 radical (unpaired) electrons. The van der Waals surface area contributed by atoms with E-state index in [0.29, 0.717) is 42.8 Å². The third kappa shape index (κ3) is 5.64. The minimum Gasteiger partial charge on any atom is -0.493 e. The van der Waals surface area contributed by atoms with Crippen molar-refractivity contribution in [3.63, 3.8) is 0 Å². The third-order valence-electron chi connectivity index (χ3n) is 4.88. The molecular weight excluding hydrogens is 368 g/mol. The number of para-hydroxylation sites is 2. The molecule has 6 nitrogen and oxygen atoms in total. The Kier molecular flexibility index (Phi) is 7.36. The van der Waals surface area contributed by atoms with Crippen LogP contribution in [0, 0.1) is 5.92 Å². The molecule has 1 heterocycles. The number of hydrogen-bond acceptors (Lipinski definition) is 5. The van der Waals surface area contributed by atoms with Gasteiger partial charge in [0.05, 0.1) is 38.3 Å². The Hall–Kier alpha value is -2.73. The minimum absolute atomic E-state index is 0.183. The lowest BCUT2D eigenvalue weighted by molar-refractivity contribution is 0.102. The van der Waals surface area contributed by atoms with Gasteiger partial charge in [-0.1, -0.05) is 26.0 Å². The highest BCUT2D eigenvalue weighted by atomic mass is 16.5. The maximum atomic E-state index is 12.9. The Labute approximate surface area is 172 Å². The van der Waals surface area contributed by atoms with Crippen molar-refractivity contribution in [3.05, 3.63) is 48.0 Å². The SMILES string of the molecule is COc1cc(C(=O)Nc2ccccc2N2CCOCC2)ccc1OCCC(C)C. The maximum absolute atomic E-state index is 12.9. The number of carbonyl (C=O) groups is 1. The molecule has 1 aliphatic heterocycles. The zero-order valence-electron chi connectivity index (χ0n) is 17.4. The molecule has 3 rings (SSSR count). The molecule has 2 aromatic carbocycles. The van der Waals surface area contributed by atoms with E-state index < -0.39 is 0 Å². The van der Waals surface area contributed by atoms with Crippen molar-refractivity contribution in [2.24, 2.45) is 5.92 Å². The Balaban J connectivity index is 1.72. The number of nitrogens with one attached hydrogen (secondary N) is 1. The van der Waals surface area contributed by atoms with Gasteiger partial charge >= 0.3 is 0 Å². The van der Waals surface area contributed by atoms with Crippen molar-refractivity contribution < 1.29 is 19.0 Å². The lowest BCUT2D eigenvalue weighted by Crippen LogP contribution is -2.36. The van der Waals surface area contributed by atoms with E-state index in [1.165, 1.54) is 0 Å². The van der Waals surface area contributed by atoms with E-state index in [0.717, 1.165) is 30.9 Å². The van der Waals surface area contributed by atoms with Crippen LogP contribution >= 0.6 is 0 Å². The van der Waals surface area contributed by atoms with Crippen molar-refractivity contribution >= 4 is 17.3 Å². The van der Waals surface area contributed by atoms with Gasteiger partial charge in [-0.15, -0.1) is 0 Å². The number of morpholine rings is 1. The average molecular weight is 399 g/mol. The fourth-order valence-electron chi connectivity index (χ4n) is 3.19. The van der Waals surface area contributed by atoms with Gasteiger partial charge in [-0.2, -0.15) is 0 Å². The first-order valence-electron chi connectivity index (χ1n) is 10.1. The standard InChI is InChI=1S/C23H30N2O4/c1-17(2)10-13-29-21-9-8-18(16-22(21)27-3)23(26)24-19-6-4-5-7-20(19)25-11-14-28-15-12-25/h4-9,16-17H,10-15H2,1-3H3,(H,24,26). The van der Waals surface area contributed by atoms with E-state index >= 15 is 0 Å². The normalized spacial score (nSPS) is 14.0. The van der Waals surface area contributed by atoms with Crippen LogP contribution < -0.4 is 19.7 Å². The molecule has 0 bridgehead atoms. The van der Waals surface area contributed by atoms with Crippen LogP contribution in [0.4, 0.5) is 11.4 Å². The number of hydrogen-bond donors (Lipinski definition) is 1. The van der Waals surface area contributed by atoms with Crippen LogP contribution in [-0.4, -0.2) is 45.9 Å². The molecule has 6 heteroatoms. The van der Waals surface area contributed by atoms with Crippen LogP contribution in [0.2, 0.25) is 0 Å². The predicted molar refractivity (Wildman–Crippen MR) is 115 cm³/mol. The summed E-state index contributed by atoms with van der Waals surface area (Å²) in [5.41, 5.74) is 2.32. The smallest absolute Gasteiger partial charge is 0.255 e. The van der Waals surface area contributed by atoms with Crippen molar-refractivity contribution in [1.82, 2.24) is 0 Å². The highest BCUT2D eigenvalue weighted by Crippen LogP contribution is 2.30. The topological polar surface area (TPSA) is 60.0 Å². The summed E-state index contributed by atoms with van der Waals surface area (Å²) in [7, 11) is 1.58. The first kappa shape index (κ1) is 21.0. The number of methoxy groups -OCH3 is 1. The molecule has 1 aliphatic rings. The van der Waals surface area contributed by atoms with Gasteiger partial charge in [0.25, 0.3) is 5.91 Å². The van der Waals surface area contributed by atoms with Crippen LogP contribution in [0.1, 0.15) is 30.6 Å².